The minimum atomic E-state index is -4.16. The van der Waals surface area contributed by atoms with Crippen molar-refractivity contribution in [1.29, 1.82) is 0 Å². The summed E-state index contributed by atoms with van der Waals surface area (Å²) in [5.41, 5.74) is -1.15. The highest BCUT2D eigenvalue weighted by Gasteiger charge is 2.44. The second-order valence-corrected chi connectivity index (χ2v) is 2.25. The van der Waals surface area contributed by atoms with Gasteiger partial charge in [-0.15, -0.1) is 0 Å². The number of carbonyl (C=O) groups is 1. The number of pyridine rings is 1. The molecule has 0 aliphatic carbocycles. The van der Waals surface area contributed by atoms with Crippen molar-refractivity contribution >= 4 is 5.97 Å². The van der Waals surface area contributed by atoms with Gasteiger partial charge in [-0.25, -0.2) is 4.79 Å². The van der Waals surface area contributed by atoms with E-state index in [-0.39, 0.29) is 0 Å². The lowest BCUT2D eigenvalue weighted by atomic mass is 10.2. The van der Waals surface area contributed by atoms with Crippen LogP contribution in [0.25, 0.3) is 0 Å². The number of aliphatic carboxylic acids is 1. The first-order chi connectivity index (χ1) is 5.96. The molecule has 0 fully saturated rings. The van der Waals surface area contributed by atoms with Gasteiger partial charge in [-0.2, -0.15) is 8.78 Å². The lowest BCUT2D eigenvalue weighted by molar-refractivity contribution is -0.167. The fraction of sp³-hybridized carbons (Fsp3) is 0.143. The van der Waals surface area contributed by atoms with Gasteiger partial charge in [-0.05, 0) is 12.1 Å². The zero-order valence-electron chi connectivity index (χ0n) is 6.24. The minimum absolute atomic E-state index is 0.838. The fourth-order valence-electron chi connectivity index (χ4n) is 0.740. The van der Waals surface area contributed by atoms with Crippen LogP contribution in [0.15, 0.2) is 18.3 Å². The van der Waals surface area contributed by atoms with Crippen LogP contribution in [0.4, 0.5) is 8.78 Å². The van der Waals surface area contributed by atoms with E-state index in [1.54, 1.807) is 0 Å². The Morgan fingerprint density at radius 2 is 2.15 bits per heavy atom. The summed E-state index contributed by atoms with van der Waals surface area (Å²) < 4.78 is 25.4. The number of hydrogen-bond donors (Lipinski definition) is 2. The van der Waals surface area contributed by atoms with Crippen LogP contribution < -0.4 is 0 Å². The molecule has 0 aliphatic rings. The van der Waals surface area contributed by atoms with Gasteiger partial charge in [0.05, 0.1) is 0 Å². The smallest absolute Gasteiger partial charge is 0.387 e. The average Bonchev–Trinajstić information content (AvgIpc) is 2.04. The topological polar surface area (TPSA) is 70.4 Å². The first kappa shape index (κ1) is 9.37. The third-order valence-corrected chi connectivity index (χ3v) is 1.35. The van der Waals surface area contributed by atoms with E-state index in [9.17, 15) is 13.6 Å². The van der Waals surface area contributed by atoms with Crippen molar-refractivity contribution in [2.45, 2.75) is 5.92 Å². The zero-order valence-corrected chi connectivity index (χ0v) is 6.24. The Labute approximate surface area is 71.5 Å². The second kappa shape index (κ2) is 2.96. The Balaban J connectivity index is 3.22. The summed E-state index contributed by atoms with van der Waals surface area (Å²) in [7, 11) is 0. The molecule has 1 aromatic heterocycles. The maximum absolute atomic E-state index is 12.7. The molecule has 0 aromatic carbocycles. The molecule has 0 amide bonds. The molecule has 0 unspecified atom stereocenters. The van der Waals surface area contributed by atoms with Gasteiger partial charge in [-0.3, -0.25) is 4.98 Å². The third kappa shape index (κ3) is 1.56. The minimum Gasteiger partial charge on any atom is -0.506 e. The summed E-state index contributed by atoms with van der Waals surface area (Å²) in [6.07, 6.45) is 0.978. The fourth-order valence-corrected chi connectivity index (χ4v) is 0.740. The van der Waals surface area contributed by atoms with E-state index in [1.165, 1.54) is 6.07 Å². The van der Waals surface area contributed by atoms with Crippen molar-refractivity contribution in [3.05, 3.63) is 24.0 Å². The first-order valence-corrected chi connectivity index (χ1v) is 3.22. The number of halogens is 2. The van der Waals surface area contributed by atoms with Crippen LogP contribution in [0.5, 0.6) is 5.75 Å². The molecule has 0 saturated heterocycles. The van der Waals surface area contributed by atoms with Gasteiger partial charge < -0.3 is 10.2 Å². The predicted octanol–water partition coefficient (Wildman–Crippen LogP) is 0.964. The molecule has 0 radical (unpaired) electrons. The quantitative estimate of drug-likeness (QED) is 0.726. The van der Waals surface area contributed by atoms with E-state index < -0.39 is 23.3 Å². The Morgan fingerprint density at radius 1 is 1.54 bits per heavy atom. The predicted molar refractivity (Wildman–Crippen MR) is 37.4 cm³/mol. The zero-order chi connectivity index (χ0) is 10.1. The number of alkyl halides is 2. The van der Waals surface area contributed by atoms with Crippen LogP contribution in [0.2, 0.25) is 0 Å². The number of carboxylic acid groups (broad SMARTS) is 1. The first-order valence-electron chi connectivity index (χ1n) is 3.22. The molecule has 0 aliphatic heterocycles. The maximum atomic E-state index is 12.7. The molecule has 0 spiro atoms. The monoisotopic (exact) mass is 189 g/mol. The summed E-state index contributed by atoms with van der Waals surface area (Å²) in [5, 5.41) is 17.0. The Hall–Kier alpha value is -1.72. The van der Waals surface area contributed by atoms with Gasteiger partial charge in [-0.1, -0.05) is 0 Å². The summed E-state index contributed by atoms with van der Waals surface area (Å²) in [6.45, 7) is 0. The highest BCUT2D eigenvalue weighted by atomic mass is 19.3. The highest BCUT2D eigenvalue weighted by Crippen LogP contribution is 2.32. The van der Waals surface area contributed by atoms with E-state index in [0.29, 0.717) is 0 Å². The van der Waals surface area contributed by atoms with Crippen LogP contribution in [0.3, 0.4) is 0 Å². The summed E-state index contributed by atoms with van der Waals surface area (Å²) in [6, 6.07) is 2.16. The molecule has 0 saturated carbocycles. The average molecular weight is 189 g/mol. The molecule has 0 atom stereocenters. The van der Waals surface area contributed by atoms with Gasteiger partial charge in [0.2, 0.25) is 0 Å². The van der Waals surface area contributed by atoms with Crippen LogP contribution >= 0.6 is 0 Å². The van der Waals surface area contributed by atoms with Crippen LogP contribution in [0.1, 0.15) is 5.69 Å². The van der Waals surface area contributed by atoms with E-state index in [0.717, 1.165) is 12.3 Å². The van der Waals surface area contributed by atoms with E-state index >= 15 is 0 Å². The number of nitrogens with zero attached hydrogens (tertiary/aromatic N) is 1. The van der Waals surface area contributed by atoms with Gasteiger partial charge in [0.15, 0.2) is 5.69 Å². The van der Waals surface area contributed by atoms with E-state index in [4.69, 9.17) is 10.2 Å². The van der Waals surface area contributed by atoms with Crippen LogP contribution in [-0.2, 0) is 10.7 Å². The molecular weight excluding hydrogens is 184 g/mol. The molecule has 1 heterocycles. The van der Waals surface area contributed by atoms with Crippen molar-refractivity contribution in [3.63, 3.8) is 0 Å². The Kier molecular flexibility index (Phi) is 2.14. The normalized spacial score (nSPS) is 11.2. The van der Waals surface area contributed by atoms with E-state index in [2.05, 4.69) is 4.98 Å². The molecule has 1 aromatic rings. The maximum Gasteiger partial charge on any atom is 0.387 e. The molecule has 6 heteroatoms. The molecule has 0 bridgehead atoms. The lowest BCUT2D eigenvalue weighted by Crippen LogP contribution is -2.26. The molecular formula is C7H5F2NO3. The van der Waals surface area contributed by atoms with Crippen molar-refractivity contribution in [1.82, 2.24) is 4.98 Å². The van der Waals surface area contributed by atoms with Crippen LogP contribution in [-0.4, -0.2) is 21.2 Å². The van der Waals surface area contributed by atoms with Crippen molar-refractivity contribution in [3.8, 4) is 5.75 Å². The van der Waals surface area contributed by atoms with Crippen molar-refractivity contribution < 1.29 is 23.8 Å². The molecule has 1 rings (SSSR count). The third-order valence-electron chi connectivity index (χ3n) is 1.35. The number of aromatic nitrogens is 1. The highest BCUT2D eigenvalue weighted by molar-refractivity contribution is 5.77. The summed E-state index contributed by atoms with van der Waals surface area (Å²) >= 11 is 0. The molecule has 4 nitrogen and oxygen atoms in total. The van der Waals surface area contributed by atoms with Gasteiger partial charge in [0.25, 0.3) is 0 Å². The largest absolute Gasteiger partial charge is 0.506 e. The lowest BCUT2D eigenvalue weighted by Gasteiger charge is -2.10. The Morgan fingerprint density at radius 3 is 2.62 bits per heavy atom. The summed E-state index contributed by atoms with van der Waals surface area (Å²) in [4.78, 5) is 13.2. The van der Waals surface area contributed by atoms with Crippen LogP contribution in [0, 0.1) is 0 Å². The SMILES string of the molecule is O=C(O)C(F)(F)c1ncccc1O. The number of aromatic hydroxyl groups is 1. The van der Waals surface area contributed by atoms with Crippen molar-refractivity contribution in [2.75, 3.05) is 0 Å². The van der Waals surface area contributed by atoms with Gasteiger partial charge in [0, 0.05) is 6.20 Å². The number of carboxylic acids is 1. The second-order valence-electron chi connectivity index (χ2n) is 2.25. The van der Waals surface area contributed by atoms with Gasteiger partial charge >= 0.3 is 11.9 Å². The van der Waals surface area contributed by atoms with E-state index in [1.807, 2.05) is 0 Å². The Bertz CT molecular complexity index is 340. The van der Waals surface area contributed by atoms with Crippen molar-refractivity contribution in [2.24, 2.45) is 0 Å². The summed E-state index contributed by atoms with van der Waals surface area (Å²) in [5.74, 6) is -7.35. The molecule has 13 heavy (non-hydrogen) atoms. The molecule has 2 N–H and O–H groups in total. The number of rotatable bonds is 2. The molecule has 70 valence electrons. The standard InChI is InChI=1S/C7H5F2NO3/c8-7(9,6(12)13)5-4(11)2-1-3-10-5/h1-3,11H,(H,12,13). The number of hydrogen-bond acceptors (Lipinski definition) is 3. The van der Waals surface area contributed by atoms with Gasteiger partial charge in [0.1, 0.15) is 5.75 Å².